The number of pyridine rings is 1. The number of aromatic carboxylic acids is 1. The maximum atomic E-state index is 10.8. The Bertz CT molecular complexity index is 1100. The Kier molecular flexibility index (Phi) is 6.76. The van der Waals surface area contributed by atoms with Crippen molar-refractivity contribution < 1.29 is 14.6 Å². The molecule has 2 aromatic heterocycles. The predicted octanol–water partition coefficient (Wildman–Crippen LogP) is 5.10. The van der Waals surface area contributed by atoms with E-state index in [1.54, 1.807) is 36.4 Å². The smallest absolute Gasteiger partial charge is 0.356 e. The molecule has 3 rings (SSSR count). The molecule has 0 radical (unpaired) electrons. The second-order valence-electron chi connectivity index (χ2n) is 6.20. The molecule has 1 unspecified atom stereocenters. The molecule has 0 aliphatic carbocycles. The van der Waals surface area contributed by atoms with E-state index >= 15 is 0 Å². The van der Waals surface area contributed by atoms with Crippen molar-refractivity contribution in [2.24, 2.45) is 0 Å². The Hall–Kier alpha value is -3.29. The summed E-state index contributed by atoms with van der Waals surface area (Å²) in [7, 11) is 0. The molecular weight excluding hydrogens is 427 g/mol. The van der Waals surface area contributed by atoms with E-state index in [1.165, 1.54) is 24.5 Å². The fourth-order valence-corrected chi connectivity index (χ4v) is 3.29. The Morgan fingerprint density at radius 1 is 1.17 bits per heavy atom. The van der Waals surface area contributed by atoms with Gasteiger partial charge in [0.15, 0.2) is 5.69 Å². The zero-order valence-electron chi connectivity index (χ0n) is 15.7. The van der Waals surface area contributed by atoms with Gasteiger partial charge in [-0.3, -0.25) is 4.98 Å². The standard InChI is InChI=1S/C21H16Cl2N4O3/c1-12(20-16(22)10-25-11-17(20)23)30-15-4-2-3-13(9-15)18(24)7-5-14-6-8-19(21(28)29)27-26-14/h2-12,24H,1H3,(H,28,29)/b7-5+,24-18?. The van der Waals surface area contributed by atoms with E-state index in [0.29, 0.717) is 32.6 Å². The van der Waals surface area contributed by atoms with E-state index < -0.39 is 12.1 Å². The summed E-state index contributed by atoms with van der Waals surface area (Å²) in [4.78, 5) is 14.8. The number of benzene rings is 1. The molecule has 0 saturated heterocycles. The monoisotopic (exact) mass is 442 g/mol. The van der Waals surface area contributed by atoms with Gasteiger partial charge in [0.1, 0.15) is 11.9 Å². The predicted molar refractivity (Wildman–Crippen MR) is 115 cm³/mol. The summed E-state index contributed by atoms with van der Waals surface area (Å²) in [6.45, 7) is 1.82. The summed E-state index contributed by atoms with van der Waals surface area (Å²) in [5.74, 6) is -0.598. The minimum atomic E-state index is -1.15. The zero-order valence-corrected chi connectivity index (χ0v) is 17.2. The SMILES string of the molecule is CC(Oc1cccc(C(=N)/C=C/c2ccc(C(=O)O)nn2)c1)c1c(Cl)cncc1Cl. The molecule has 0 fully saturated rings. The van der Waals surface area contributed by atoms with E-state index in [4.69, 9.17) is 38.5 Å². The number of aromatic nitrogens is 3. The first-order valence-corrected chi connectivity index (χ1v) is 9.50. The van der Waals surface area contributed by atoms with Gasteiger partial charge in [0.25, 0.3) is 0 Å². The van der Waals surface area contributed by atoms with Crippen molar-refractivity contribution in [3.05, 3.63) is 87.4 Å². The fraction of sp³-hybridized carbons (Fsp3) is 0.0952. The third-order valence-corrected chi connectivity index (χ3v) is 4.68. The molecule has 2 heterocycles. The molecule has 0 spiro atoms. The van der Waals surface area contributed by atoms with Gasteiger partial charge in [-0.2, -0.15) is 5.10 Å². The molecule has 1 aromatic carbocycles. The molecule has 3 aromatic rings. The minimum Gasteiger partial charge on any atom is -0.486 e. The first-order chi connectivity index (χ1) is 14.3. The van der Waals surface area contributed by atoms with Gasteiger partial charge in [-0.25, -0.2) is 4.79 Å². The lowest BCUT2D eigenvalue weighted by atomic mass is 10.1. The summed E-state index contributed by atoms with van der Waals surface area (Å²) < 4.78 is 5.96. The molecule has 0 saturated carbocycles. The number of nitrogens with zero attached hydrogens (tertiary/aromatic N) is 3. The number of carboxylic acid groups (broad SMARTS) is 1. The number of carbonyl (C=O) groups is 1. The second-order valence-corrected chi connectivity index (χ2v) is 7.01. The van der Waals surface area contributed by atoms with Crippen molar-refractivity contribution in [1.29, 1.82) is 5.41 Å². The minimum absolute atomic E-state index is 0.143. The van der Waals surface area contributed by atoms with Crippen LogP contribution in [-0.4, -0.2) is 32.0 Å². The highest BCUT2D eigenvalue weighted by atomic mass is 35.5. The largest absolute Gasteiger partial charge is 0.486 e. The van der Waals surface area contributed by atoms with Gasteiger partial charge in [-0.15, -0.1) is 5.10 Å². The molecule has 9 heteroatoms. The van der Waals surface area contributed by atoms with Gasteiger partial charge in [0.2, 0.25) is 0 Å². The molecule has 0 aliphatic heterocycles. The number of allylic oxidation sites excluding steroid dienone is 1. The van der Waals surface area contributed by atoms with Gasteiger partial charge >= 0.3 is 5.97 Å². The summed E-state index contributed by atoms with van der Waals surface area (Å²) in [6.07, 6.45) is 5.71. The van der Waals surface area contributed by atoms with Crippen molar-refractivity contribution in [3.63, 3.8) is 0 Å². The van der Waals surface area contributed by atoms with Crippen LogP contribution in [0.15, 0.2) is 54.9 Å². The van der Waals surface area contributed by atoms with Crippen molar-refractivity contribution in [2.75, 3.05) is 0 Å². The first kappa shape index (κ1) is 21.4. The van der Waals surface area contributed by atoms with Gasteiger partial charge in [0, 0.05) is 23.5 Å². The lowest BCUT2D eigenvalue weighted by Crippen LogP contribution is -2.06. The summed E-state index contributed by atoms with van der Waals surface area (Å²) in [5, 5.41) is 25.3. The van der Waals surface area contributed by atoms with Crippen LogP contribution in [-0.2, 0) is 0 Å². The topological polar surface area (TPSA) is 109 Å². The normalized spacial score (nSPS) is 12.0. The molecule has 0 aliphatic rings. The Balaban J connectivity index is 1.73. The lowest BCUT2D eigenvalue weighted by Gasteiger charge is -2.17. The molecule has 0 amide bonds. The van der Waals surface area contributed by atoms with E-state index in [2.05, 4.69) is 15.2 Å². The maximum absolute atomic E-state index is 10.8. The Labute approximate surface area is 182 Å². The first-order valence-electron chi connectivity index (χ1n) is 8.75. The van der Waals surface area contributed by atoms with Gasteiger partial charge in [-0.1, -0.05) is 35.3 Å². The zero-order chi connectivity index (χ0) is 21.7. The lowest BCUT2D eigenvalue weighted by molar-refractivity contribution is 0.0689. The highest BCUT2D eigenvalue weighted by Crippen LogP contribution is 2.32. The van der Waals surface area contributed by atoms with Crippen LogP contribution in [0.2, 0.25) is 10.0 Å². The highest BCUT2D eigenvalue weighted by molar-refractivity contribution is 6.35. The van der Waals surface area contributed by atoms with Gasteiger partial charge < -0.3 is 15.3 Å². The van der Waals surface area contributed by atoms with Crippen LogP contribution in [0.5, 0.6) is 5.75 Å². The van der Waals surface area contributed by atoms with Crippen molar-refractivity contribution in [1.82, 2.24) is 15.2 Å². The second kappa shape index (κ2) is 9.47. The number of carboxylic acids is 1. The van der Waals surface area contributed by atoms with Crippen LogP contribution in [0.1, 0.15) is 40.3 Å². The number of ether oxygens (including phenoxy) is 1. The van der Waals surface area contributed by atoms with Crippen molar-refractivity contribution >= 4 is 41.0 Å². The number of rotatable bonds is 7. The van der Waals surface area contributed by atoms with Crippen LogP contribution in [0.4, 0.5) is 0 Å². The average molecular weight is 443 g/mol. The fourth-order valence-electron chi connectivity index (χ4n) is 2.62. The van der Waals surface area contributed by atoms with Crippen LogP contribution in [0.3, 0.4) is 0 Å². The number of halogens is 2. The maximum Gasteiger partial charge on any atom is 0.356 e. The van der Waals surface area contributed by atoms with E-state index in [1.807, 2.05) is 6.92 Å². The van der Waals surface area contributed by atoms with Crippen LogP contribution < -0.4 is 4.74 Å². The average Bonchev–Trinajstić information content (AvgIpc) is 2.72. The van der Waals surface area contributed by atoms with Crippen LogP contribution >= 0.6 is 23.2 Å². The van der Waals surface area contributed by atoms with E-state index in [-0.39, 0.29) is 11.4 Å². The van der Waals surface area contributed by atoms with Gasteiger partial charge in [-0.05, 0) is 43.3 Å². The Morgan fingerprint density at radius 3 is 2.53 bits per heavy atom. The molecule has 2 N–H and O–H groups in total. The Morgan fingerprint density at radius 2 is 1.90 bits per heavy atom. The van der Waals surface area contributed by atoms with Crippen molar-refractivity contribution in [3.8, 4) is 5.75 Å². The summed E-state index contributed by atoms with van der Waals surface area (Å²) in [6, 6.07) is 9.92. The van der Waals surface area contributed by atoms with E-state index in [9.17, 15) is 4.79 Å². The highest BCUT2D eigenvalue weighted by Gasteiger charge is 2.16. The number of hydrogen-bond acceptors (Lipinski definition) is 6. The molecule has 1 atom stereocenters. The summed E-state index contributed by atoms with van der Waals surface area (Å²) >= 11 is 12.4. The molecule has 7 nitrogen and oxygen atoms in total. The van der Waals surface area contributed by atoms with Crippen molar-refractivity contribution in [2.45, 2.75) is 13.0 Å². The number of nitrogens with one attached hydrogen (secondary N) is 1. The van der Waals surface area contributed by atoms with Crippen LogP contribution in [0, 0.1) is 5.41 Å². The third kappa shape index (κ3) is 5.20. The number of hydrogen-bond donors (Lipinski definition) is 2. The quantitative estimate of drug-likeness (QED) is 0.492. The van der Waals surface area contributed by atoms with Crippen LogP contribution in [0.25, 0.3) is 6.08 Å². The summed E-state index contributed by atoms with van der Waals surface area (Å²) in [5.41, 5.74) is 1.77. The van der Waals surface area contributed by atoms with Gasteiger partial charge in [0.05, 0.1) is 21.5 Å². The molecule has 30 heavy (non-hydrogen) atoms. The third-order valence-electron chi connectivity index (χ3n) is 4.08. The molecule has 0 bridgehead atoms. The molecular formula is C21H16Cl2N4O3. The molecule has 152 valence electrons. The van der Waals surface area contributed by atoms with E-state index in [0.717, 1.165) is 0 Å².